The second kappa shape index (κ2) is 9.32. The van der Waals surface area contributed by atoms with Gasteiger partial charge in [0.1, 0.15) is 5.57 Å². The van der Waals surface area contributed by atoms with Crippen LogP contribution in [0.15, 0.2) is 52.5 Å². The molecule has 1 aliphatic rings. The minimum Gasteiger partial charge on any atom is -0.476 e. The molecule has 1 N–H and O–H groups in total. The molecule has 0 radical (unpaired) electrons. The Morgan fingerprint density at radius 2 is 1.97 bits per heavy atom. The fraction of sp³-hybridized carbons (Fsp3) is 0.190. The summed E-state index contributed by atoms with van der Waals surface area (Å²) in [6.07, 6.45) is 0.583. The van der Waals surface area contributed by atoms with Gasteiger partial charge in [0.15, 0.2) is 11.9 Å². The first-order valence-electron chi connectivity index (χ1n) is 9.06. The van der Waals surface area contributed by atoms with Gasteiger partial charge in [-0.05, 0) is 65.7 Å². The number of carbonyl (C=O) groups excluding carboxylic acids is 3. The lowest BCUT2D eigenvalue weighted by atomic mass is 10.1. The Kier molecular flexibility index (Phi) is 6.79. The third-order valence-corrected chi connectivity index (χ3v) is 5.02. The second-order valence-corrected chi connectivity index (χ2v) is 7.56. The summed E-state index contributed by atoms with van der Waals surface area (Å²) in [4.78, 5) is 36.8. The van der Waals surface area contributed by atoms with Gasteiger partial charge in [0, 0.05) is 0 Å². The monoisotopic (exact) mass is 492 g/mol. The highest BCUT2D eigenvalue weighted by Gasteiger charge is 2.34. The van der Waals surface area contributed by atoms with Crippen LogP contribution in [0.1, 0.15) is 19.4 Å². The number of ether oxygens (including phenoxy) is 2. The summed E-state index contributed by atoms with van der Waals surface area (Å²) in [6, 6.07) is 12.0. The lowest BCUT2D eigenvalue weighted by Crippen LogP contribution is -2.35. The van der Waals surface area contributed by atoms with Crippen molar-refractivity contribution in [3.8, 4) is 5.75 Å². The van der Waals surface area contributed by atoms with Crippen LogP contribution < -0.4 is 15.2 Å². The molecule has 1 saturated heterocycles. The smallest absolute Gasteiger partial charge is 0.347 e. The molecular formula is C21H18BrClN2O5. The molecule has 2 amide bonds. The summed E-state index contributed by atoms with van der Waals surface area (Å²) in [6.45, 7) is 3.50. The van der Waals surface area contributed by atoms with E-state index in [0.717, 1.165) is 0 Å². The molecule has 0 bridgehead atoms. The van der Waals surface area contributed by atoms with Crippen LogP contribution in [-0.4, -0.2) is 30.5 Å². The Morgan fingerprint density at radius 3 is 2.60 bits per heavy atom. The molecule has 1 heterocycles. The number of halogens is 2. The molecule has 0 aromatic heterocycles. The largest absolute Gasteiger partial charge is 0.476 e. The first-order valence-corrected chi connectivity index (χ1v) is 10.2. The number of amides is 2. The highest BCUT2D eigenvalue weighted by Crippen LogP contribution is 2.36. The van der Waals surface area contributed by atoms with Gasteiger partial charge in [-0.1, -0.05) is 29.8 Å². The van der Waals surface area contributed by atoms with Crippen molar-refractivity contribution >= 4 is 57.1 Å². The number of esters is 1. The van der Waals surface area contributed by atoms with Crippen molar-refractivity contribution in [2.45, 2.75) is 20.0 Å². The summed E-state index contributed by atoms with van der Waals surface area (Å²) in [7, 11) is 0. The minimum absolute atomic E-state index is 0.0321. The summed E-state index contributed by atoms with van der Waals surface area (Å²) in [5.41, 5.74) is 3.57. The lowest BCUT2D eigenvalue weighted by molar-refractivity contribution is -0.150. The van der Waals surface area contributed by atoms with Crippen molar-refractivity contribution in [3.63, 3.8) is 0 Å². The van der Waals surface area contributed by atoms with E-state index in [4.69, 9.17) is 21.1 Å². The van der Waals surface area contributed by atoms with Gasteiger partial charge in [-0.3, -0.25) is 15.0 Å². The van der Waals surface area contributed by atoms with Gasteiger partial charge in [0.2, 0.25) is 0 Å². The van der Waals surface area contributed by atoms with Crippen LogP contribution in [0.3, 0.4) is 0 Å². The molecule has 0 saturated carbocycles. The molecule has 2 aromatic rings. The first-order chi connectivity index (χ1) is 14.3. The van der Waals surface area contributed by atoms with E-state index >= 15 is 0 Å². The zero-order valence-corrected chi connectivity index (χ0v) is 18.5. The third-order valence-electron chi connectivity index (χ3n) is 4.15. The van der Waals surface area contributed by atoms with Crippen molar-refractivity contribution in [2.24, 2.45) is 0 Å². The van der Waals surface area contributed by atoms with Gasteiger partial charge in [-0.25, -0.2) is 9.80 Å². The standard InChI is InChI=1S/C21H18BrClN2O5/c1-3-29-21(28)12(2)30-18-16(22)10-13(11-17(18)23)9-15-19(26)24-25(20(15)27)14-7-5-4-6-8-14/h4-12H,3H2,1-2H3,(H,24,26)/b15-9-/t12-/m0/s1. The Bertz CT molecular complexity index is 1000. The van der Waals surface area contributed by atoms with E-state index in [1.54, 1.807) is 44.2 Å². The summed E-state index contributed by atoms with van der Waals surface area (Å²) >= 11 is 9.67. The molecule has 30 heavy (non-hydrogen) atoms. The molecule has 1 aliphatic heterocycles. The number of hydrogen-bond donors (Lipinski definition) is 1. The van der Waals surface area contributed by atoms with E-state index in [0.29, 0.717) is 15.7 Å². The van der Waals surface area contributed by atoms with Crippen molar-refractivity contribution in [1.29, 1.82) is 0 Å². The molecule has 1 fully saturated rings. The van der Waals surface area contributed by atoms with Crippen LogP contribution in [0.5, 0.6) is 5.75 Å². The van der Waals surface area contributed by atoms with E-state index in [2.05, 4.69) is 21.4 Å². The number of para-hydroxylation sites is 1. The van der Waals surface area contributed by atoms with E-state index in [1.165, 1.54) is 17.2 Å². The average Bonchev–Trinajstić information content (AvgIpc) is 2.99. The molecule has 0 spiro atoms. The zero-order chi connectivity index (χ0) is 21.8. The minimum atomic E-state index is -0.857. The van der Waals surface area contributed by atoms with Gasteiger partial charge < -0.3 is 9.47 Å². The predicted octanol–water partition coefficient (Wildman–Crippen LogP) is 3.89. The Labute approximate surface area is 186 Å². The number of nitrogens with zero attached hydrogens (tertiary/aromatic N) is 1. The number of rotatable bonds is 6. The molecule has 2 aromatic carbocycles. The fourth-order valence-corrected chi connectivity index (χ4v) is 3.70. The molecule has 3 rings (SSSR count). The van der Waals surface area contributed by atoms with Crippen LogP contribution in [-0.2, 0) is 19.1 Å². The third kappa shape index (κ3) is 4.66. The van der Waals surface area contributed by atoms with Crippen molar-refractivity contribution in [2.75, 3.05) is 11.6 Å². The molecular weight excluding hydrogens is 476 g/mol. The van der Waals surface area contributed by atoms with Crippen molar-refractivity contribution < 1.29 is 23.9 Å². The number of benzene rings is 2. The number of hydrazine groups is 1. The average molecular weight is 494 g/mol. The maximum atomic E-state index is 12.7. The molecule has 1 atom stereocenters. The number of nitrogens with one attached hydrogen (secondary N) is 1. The van der Waals surface area contributed by atoms with E-state index in [-0.39, 0.29) is 23.0 Å². The van der Waals surface area contributed by atoms with Crippen molar-refractivity contribution in [1.82, 2.24) is 5.43 Å². The van der Waals surface area contributed by atoms with Crippen LogP contribution in [0.2, 0.25) is 5.02 Å². The van der Waals surface area contributed by atoms with Gasteiger partial charge in [0.05, 0.1) is 21.8 Å². The topological polar surface area (TPSA) is 84.9 Å². The maximum Gasteiger partial charge on any atom is 0.347 e. The Morgan fingerprint density at radius 1 is 1.27 bits per heavy atom. The molecule has 0 aliphatic carbocycles. The SMILES string of the molecule is CCOC(=O)[C@H](C)Oc1c(Cl)cc(/C=C2/C(=O)NN(c3ccccc3)C2=O)cc1Br. The Balaban J connectivity index is 1.85. The summed E-state index contributed by atoms with van der Waals surface area (Å²) < 4.78 is 11.0. The lowest BCUT2D eigenvalue weighted by Gasteiger charge is -2.16. The van der Waals surface area contributed by atoms with Gasteiger partial charge in [-0.15, -0.1) is 0 Å². The van der Waals surface area contributed by atoms with Gasteiger partial charge >= 0.3 is 5.97 Å². The number of anilines is 1. The first kappa shape index (κ1) is 21.9. The summed E-state index contributed by atoms with van der Waals surface area (Å²) in [5.74, 6) is -1.25. The second-order valence-electron chi connectivity index (χ2n) is 6.30. The van der Waals surface area contributed by atoms with Crippen LogP contribution in [0.25, 0.3) is 6.08 Å². The van der Waals surface area contributed by atoms with Crippen LogP contribution in [0.4, 0.5) is 5.69 Å². The molecule has 9 heteroatoms. The van der Waals surface area contributed by atoms with E-state index in [1.807, 2.05) is 6.07 Å². The van der Waals surface area contributed by atoms with E-state index < -0.39 is 23.9 Å². The fourth-order valence-electron chi connectivity index (χ4n) is 2.74. The van der Waals surface area contributed by atoms with Crippen LogP contribution >= 0.6 is 27.5 Å². The van der Waals surface area contributed by atoms with Gasteiger partial charge in [0.25, 0.3) is 11.8 Å². The van der Waals surface area contributed by atoms with Gasteiger partial charge in [-0.2, -0.15) is 0 Å². The van der Waals surface area contributed by atoms with E-state index in [9.17, 15) is 14.4 Å². The maximum absolute atomic E-state index is 12.7. The van der Waals surface area contributed by atoms with Crippen LogP contribution in [0, 0.1) is 0 Å². The zero-order valence-electron chi connectivity index (χ0n) is 16.1. The predicted molar refractivity (Wildman–Crippen MR) is 116 cm³/mol. The number of hydrogen-bond acceptors (Lipinski definition) is 5. The molecule has 0 unspecified atom stereocenters. The molecule has 7 nitrogen and oxygen atoms in total. The van der Waals surface area contributed by atoms with Crippen molar-refractivity contribution in [3.05, 3.63) is 63.1 Å². The molecule has 156 valence electrons. The highest BCUT2D eigenvalue weighted by molar-refractivity contribution is 9.10. The normalized spacial score (nSPS) is 15.9. The Hall–Kier alpha value is -2.84. The number of carbonyl (C=O) groups is 3. The highest BCUT2D eigenvalue weighted by atomic mass is 79.9. The summed E-state index contributed by atoms with van der Waals surface area (Å²) in [5, 5.41) is 1.39. The quantitative estimate of drug-likeness (QED) is 0.375.